The Bertz CT molecular complexity index is 1770. The van der Waals surface area contributed by atoms with E-state index in [-0.39, 0.29) is 23.6 Å². The second kappa shape index (κ2) is 13.0. The molecule has 10 heteroatoms. The molecule has 0 N–H and O–H groups in total. The minimum Gasteiger partial charge on any atom is -0.497 e. The summed E-state index contributed by atoms with van der Waals surface area (Å²) in [6.07, 6.45) is 5.53. The van der Waals surface area contributed by atoms with Crippen molar-refractivity contribution in [3.63, 3.8) is 0 Å². The van der Waals surface area contributed by atoms with E-state index in [4.69, 9.17) is 14.2 Å². The molecule has 0 aliphatic carbocycles. The first-order valence-corrected chi connectivity index (χ1v) is 14.2. The summed E-state index contributed by atoms with van der Waals surface area (Å²) in [5.41, 5.74) is 3.56. The lowest BCUT2D eigenvalue weighted by Crippen LogP contribution is -2.40. The lowest BCUT2D eigenvalue weighted by molar-refractivity contribution is -0.139. The van der Waals surface area contributed by atoms with Crippen molar-refractivity contribution >= 4 is 29.1 Å². The number of carbonyl (C=O) groups excluding carboxylic acids is 1. The summed E-state index contributed by atoms with van der Waals surface area (Å²) in [5.74, 6) is 0.158. The van der Waals surface area contributed by atoms with Gasteiger partial charge in [0.1, 0.15) is 23.4 Å². The molecule has 220 valence electrons. The standard InChI is InChI=1S/C32H34FN3O5S/c1-8-19(3)35(23-13-11-22(33)12-14-23)20(4)10-17-27-30(37)36-29(25-16-15-24(39-6)18-26(25)40-7)28(31(38)41-9-2)21(5)34-32(36)42-27/h8,10-18,29H,9H2,1-7H3/b19-8+,20-10+,27-17-. The molecule has 0 saturated heterocycles. The highest BCUT2D eigenvalue weighted by molar-refractivity contribution is 7.07. The number of fused-ring (bicyclic) bond motifs is 1. The van der Waals surface area contributed by atoms with Crippen LogP contribution in [0.25, 0.3) is 6.08 Å². The quantitative estimate of drug-likeness (QED) is 0.317. The lowest BCUT2D eigenvalue weighted by Gasteiger charge is -2.26. The maximum Gasteiger partial charge on any atom is 0.338 e. The summed E-state index contributed by atoms with van der Waals surface area (Å²) in [4.78, 5) is 34.2. The molecule has 1 aliphatic heterocycles. The van der Waals surface area contributed by atoms with Gasteiger partial charge in [0, 0.05) is 28.7 Å². The van der Waals surface area contributed by atoms with E-state index in [2.05, 4.69) is 4.99 Å². The zero-order valence-electron chi connectivity index (χ0n) is 24.7. The first-order valence-electron chi connectivity index (χ1n) is 13.4. The van der Waals surface area contributed by atoms with Gasteiger partial charge >= 0.3 is 5.97 Å². The molecule has 2 heterocycles. The molecule has 0 amide bonds. The third kappa shape index (κ3) is 5.94. The van der Waals surface area contributed by atoms with Crippen LogP contribution in [-0.4, -0.2) is 31.4 Å². The summed E-state index contributed by atoms with van der Waals surface area (Å²) < 4.78 is 32.0. The van der Waals surface area contributed by atoms with Crippen LogP contribution in [0, 0.1) is 5.82 Å². The van der Waals surface area contributed by atoms with Gasteiger partial charge in [0.25, 0.3) is 5.56 Å². The topological polar surface area (TPSA) is 82.4 Å². The number of hydrogen-bond donors (Lipinski definition) is 0. The molecule has 2 aromatic carbocycles. The smallest absolute Gasteiger partial charge is 0.338 e. The molecule has 3 aromatic rings. The van der Waals surface area contributed by atoms with Crippen molar-refractivity contribution in [1.82, 2.24) is 4.57 Å². The number of ether oxygens (including phenoxy) is 3. The van der Waals surface area contributed by atoms with Gasteiger partial charge in [0.15, 0.2) is 4.80 Å². The van der Waals surface area contributed by atoms with Crippen LogP contribution in [0.5, 0.6) is 11.5 Å². The largest absolute Gasteiger partial charge is 0.497 e. The Labute approximate surface area is 248 Å². The zero-order chi connectivity index (χ0) is 30.6. The maximum atomic E-state index is 14.0. The van der Waals surface area contributed by atoms with Crippen LogP contribution in [0.1, 0.15) is 46.2 Å². The molecule has 42 heavy (non-hydrogen) atoms. The van der Waals surface area contributed by atoms with Crippen molar-refractivity contribution in [2.24, 2.45) is 4.99 Å². The average Bonchev–Trinajstić information content (AvgIpc) is 3.30. The first kappa shape index (κ1) is 30.5. The Morgan fingerprint density at radius 1 is 1.12 bits per heavy atom. The van der Waals surface area contributed by atoms with Gasteiger partial charge in [0.2, 0.25) is 0 Å². The van der Waals surface area contributed by atoms with E-state index in [9.17, 15) is 14.0 Å². The van der Waals surface area contributed by atoms with Crippen LogP contribution in [0.15, 0.2) is 87.1 Å². The van der Waals surface area contributed by atoms with E-state index in [0.717, 1.165) is 17.1 Å². The minimum atomic E-state index is -0.825. The van der Waals surface area contributed by atoms with Gasteiger partial charge in [-0.1, -0.05) is 17.4 Å². The van der Waals surface area contributed by atoms with Crippen molar-refractivity contribution in [2.75, 3.05) is 25.7 Å². The molecule has 1 unspecified atom stereocenters. The molecule has 1 atom stereocenters. The van der Waals surface area contributed by atoms with Crippen molar-refractivity contribution in [3.05, 3.63) is 108 Å². The molecule has 0 fully saturated rings. The monoisotopic (exact) mass is 591 g/mol. The van der Waals surface area contributed by atoms with Crippen LogP contribution in [0.4, 0.5) is 10.1 Å². The molecule has 1 aromatic heterocycles. The third-order valence-electron chi connectivity index (χ3n) is 6.94. The fourth-order valence-electron chi connectivity index (χ4n) is 4.82. The van der Waals surface area contributed by atoms with Crippen LogP contribution in [0.3, 0.4) is 0 Å². The lowest BCUT2D eigenvalue weighted by atomic mass is 9.95. The highest BCUT2D eigenvalue weighted by Crippen LogP contribution is 2.37. The van der Waals surface area contributed by atoms with E-state index in [0.29, 0.717) is 32.1 Å². The molecular formula is C32H34FN3O5S. The van der Waals surface area contributed by atoms with E-state index >= 15 is 0 Å². The highest BCUT2D eigenvalue weighted by atomic mass is 32.1. The fraction of sp³-hybridized carbons (Fsp3) is 0.281. The molecule has 0 bridgehead atoms. The van der Waals surface area contributed by atoms with Crippen LogP contribution >= 0.6 is 11.3 Å². The molecule has 8 nitrogen and oxygen atoms in total. The van der Waals surface area contributed by atoms with Gasteiger partial charge in [-0.15, -0.1) is 0 Å². The van der Waals surface area contributed by atoms with Gasteiger partial charge < -0.3 is 19.1 Å². The van der Waals surface area contributed by atoms with Crippen molar-refractivity contribution in [1.29, 1.82) is 0 Å². The van der Waals surface area contributed by atoms with E-state index < -0.39 is 12.0 Å². The molecule has 0 radical (unpaired) electrons. The predicted octanol–water partition coefficient (Wildman–Crippen LogP) is 5.24. The summed E-state index contributed by atoms with van der Waals surface area (Å²) in [6.45, 7) is 9.43. The summed E-state index contributed by atoms with van der Waals surface area (Å²) >= 11 is 1.23. The Hall–Kier alpha value is -4.44. The minimum absolute atomic E-state index is 0.173. The van der Waals surface area contributed by atoms with Gasteiger partial charge in [0.05, 0.1) is 36.6 Å². The third-order valence-corrected chi connectivity index (χ3v) is 7.94. The number of thiazole rings is 1. The van der Waals surface area contributed by atoms with Gasteiger partial charge in [-0.05, 0) is 83.2 Å². The van der Waals surface area contributed by atoms with E-state index in [1.54, 1.807) is 57.4 Å². The number of hydrogen-bond acceptors (Lipinski definition) is 8. The van der Waals surface area contributed by atoms with Crippen LogP contribution in [0.2, 0.25) is 0 Å². The number of esters is 1. The van der Waals surface area contributed by atoms with E-state index in [1.807, 2.05) is 37.8 Å². The fourth-order valence-corrected chi connectivity index (χ4v) is 5.81. The number of carbonyl (C=O) groups is 1. The average molecular weight is 592 g/mol. The normalized spacial score (nSPS) is 15.7. The highest BCUT2D eigenvalue weighted by Gasteiger charge is 2.35. The second-order valence-electron chi connectivity index (χ2n) is 9.48. The van der Waals surface area contributed by atoms with Gasteiger partial charge in [-0.25, -0.2) is 14.2 Å². The number of nitrogens with zero attached hydrogens (tertiary/aromatic N) is 3. The SMILES string of the molecule is C/C=C(\C)N(/C(C)=C/C=c1\sc2n(c1=O)C(c1ccc(OC)cc1OC)C(C(=O)OCC)=C(C)N=2)c1ccc(F)cc1. The molecule has 4 rings (SSSR count). The Kier molecular flexibility index (Phi) is 9.47. The Balaban J connectivity index is 1.90. The number of rotatable bonds is 9. The summed E-state index contributed by atoms with van der Waals surface area (Å²) in [5, 5.41) is 0. The molecule has 1 aliphatic rings. The second-order valence-corrected chi connectivity index (χ2v) is 10.5. The number of aromatic nitrogens is 1. The molecule has 0 saturated carbocycles. The van der Waals surface area contributed by atoms with Gasteiger partial charge in [-0.2, -0.15) is 0 Å². The first-order chi connectivity index (χ1) is 20.1. The predicted molar refractivity (Wildman–Crippen MR) is 163 cm³/mol. The summed E-state index contributed by atoms with van der Waals surface area (Å²) in [7, 11) is 3.08. The van der Waals surface area contributed by atoms with Crippen molar-refractivity contribution in [3.8, 4) is 11.5 Å². The Morgan fingerprint density at radius 3 is 2.45 bits per heavy atom. The van der Waals surface area contributed by atoms with Crippen LogP contribution in [-0.2, 0) is 9.53 Å². The number of methoxy groups -OCH3 is 2. The maximum absolute atomic E-state index is 14.0. The van der Waals surface area contributed by atoms with Crippen LogP contribution < -0.4 is 29.3 Å². The van der Waals surface area contributed by atoms with E-state index in [1.165, 1.54) is 35.1 Å². The number of allylic oxidation sites excluding steroid dienone is 5. The summed E-state index contributed by atoms with van der Waals surface area (Å²) in [6, 6.07) is 10.7. The number of halogens is 1. The zero-order valence-corrected chi connectivity index (χ0v) is 25.5. The van der Waals surface area contributed by atoms with Crippen molar-refractivity contribution < 1.29 is 23.4 Å². The molecular weight excluding hydrogens is 557 g/mol. The van der Waals surface area contributed by atoms with Gasteiger partial charge in [-0.3, -0.25) is 9.36 Å². The number of benzene rings is 2. The van der Waals surface area contributed by atoms with Crippen molar-refractivity contribution in [2.45, 2.75) is 40.7 Å². The molecule has 0 spiro atoms. The Morgan fingerprint density at radius 2 is 1.83 bits per heavy atom. The number of anilines is 1.